The monoisotopic (exact) mass is 269 g/mol. The number of unbranched alkanes of at least 4 members (excludes halogenated alkanes) is 1. The molecule has 0 aliphatic carbocycles. The molecule has 0 spiro atoms. The smallest absolute Gasteiger partial charge is 0.241 e. The van der Waals surface area contributed by atoms with Gasteiger partial charge in [-0.1, -0.05) is 19.8 Å². The van der Waals surface area contributed by atoms with Gasteiger partial charge in [-0.2, -0.15) is 0 Å². The fourth-order valence-corrected chi connectivity index (χ4v) is 2.90. The molecule has 0 radical (unpaired) electrons. The normalized spacial score (nSPS) is 33.1. The minimum atomic E-state index is 0.0104. The van der Waals surface area contributed by atoms with Gasteiger partial charge in [-0.25, -0.2) is 0 Å². The lowest BCUT2D eigenvalue weighted by atomic mass is 10.1. The molecule has 2 aliphatic rings. The predicted octanol–water partition coefficient (Wildman–Crippen LogP) is 0.654. The SMILES string of the molecule is CCCCC1NC(C)N(CC2CN(C)CCO2)C1=O. The Morgan fingerprint density at radius 1 is 1.47 bits per heavy atom. The Kier molecular flexibility index (Phi) is 5.19. The molecule has 0 aromatic heterocycles. The van der Waals surface area contributed by atoms with Crippen molar-refractivity contribution in [1.29, 1.82) is 0 Å². The molecule has 0 saturated carbocycles. The molecule has 19 heavy (non-hydrogen) atoms. The van der Waals surface area contributed by atoms with Crippen molar-refractivity contribution in [3.05, 3.63) is 0 Å². The number of morpholine rings is 1. The topological polar surface area (TPSA) is 44.8 Å². The summed E-state index contributed by atoms with van der Waals surface area (Å²) >= 11 is 0. The van der Waals surface area contributed by atoms with Crippen LogP contribution in [-0.2, 0) is 9.53 Å². The molecule has 2 fully saturated rings. The number of hydrogen-bond donors (Lipinski definition) is 1. The second kappa shape index (κ2) is 6.68. The Labute approximate surface area is 116 Å². The molecule has 5 heteroatoms. The Balaban J connectivity index is 1.87. The van der Waals surface area contributed by atoms with E-state index in [0.717, 1.165) is 39.0 Å². The van der Waals surface area contributed by atoms with Crippen LogP contribution < -0.4 is 5.32 Å². The number of nitrogens with one attached hydrogen (secondary N) is 1. The van der Waals surface area contributed by atoms with Crippen LogP contribution >= 0.6 is 0 Å². The van der Waals surface area contributed by atoms with E-state index < -0.39 is 0 Å². The van der Waals surface area contributed by atoms with Crippen LogP contribution in [0.3, 0.4) is 0 Å². The fourth-order valence-electron chi connectivity index (χ4n) is 2.90. The number of likely N-dealkylation sites (N-methyl/N-ethyl adjacent to an activating group) is 1. The third-order valence-electron chi connectivity index (χ3n) is 4.08. The molecule has 2 heterocycles. The molecular formula is C14H27N3O2. The molecule has 2 aliphatic heterocycles. The number of hydrogen-bond acceptors (Lipinski definition) is 4. The van der Waals surface area contributed by atoms with Gasteiger partial charge < -0.3 is 14.5 Å². The van der Waals surface area contributed by atoms with Gasteiger partial charge in [0, 0.05) is 19.6 Å². The maximum atomic E-state index is 12.4. The fraction of sp³-hybridized carbons (Fsp3) is 0.929. The van der Waals surface area contributed by atoms with Gasteiger partial charge in [0.1, 0.15) is 0 Å². The van der Waals surface area contributed by atoms with Crippen molar-refractivity contribution < 1.29 is 9.53 Å². The second-order valence-corrected chi connectivity index (χ2v) is 5.78. The van der Waals surface area contributed by atoms with Crippen LogP contribution in [0.15, 0.2) is 0 Å². The van der Waals surface area contributed by atoms with Crippen molar-refractivity contribution in [1.82, 2.24) is 15.1 Å². The first-order valence-electron chi connectivity index (χ1n) is 7.48. The highest BCUT2D eigenvalue weighted by atomic mass is 16.5. The zero-order valence-corrected chi connectivity index (χ0v) is 12.4. The summed E-state index contributed by atoms with van der Waals surface area (Å²) in [5, 5.41) is 3.40. The number of ether oxygens (including phenoxy) is 1. The van der Waals surface area contributed by atoms with Crippen LogP contribution in [0, 0.1) is 0 Å². The summed E-state index contributed by atoms with van der Waals surface area (Å²) in [5.74, 6) is 0.248. The number of amides is 1. The summed E-state index contributed by atoms with van der Waals surface area (Å²) < 4.78 is 5.76. The lowest BCUT2D eigenvalue weighted by molar-refractivity contribution is -0.133. The number of rotatable bonds is 5. The van der Waals surface area contributed by atoms with Crippen LogP contribution in [0.4, 0.5) is 0 Å². The lowest BCUT2D eigenvalue weighted by Crippen LogP contribution is -2.48. The molecule has 0 bridgehead atoms. The summed E-state index contributed by atoms with van der Waals surface area (Å²) in [6.07, 6.45) is 3.46. The third-order valence-corrected chi connectivity index (χ3v) is 4.08. The first-order chi connectivity index (χ1) is 9.11. The van der Waals surface area contributed by atoms with Gasteiger partial charge in [-0.3, -0.25) is 10.1 Å². The van der Waals surface area contributed by atoms with E-state index >= 15 is 0 Å². The minimum Gasteiger partial charge on any atom is -0.374 e. The van der Waals surface area contributed by atoms with E-state index in [1.54, 1.807) is 0 Å². The number of carbonyl (C=O) groups is 1. The van der Waals surface area contributed by atoms with E-state index in [9.17, 15) is 4.79 Å². The Morgan fingerprint density at radius 3 is 2.95 bits per heavy atom. The van der Waals surface area contributed by atoms with E-state index in [-0.39, 0.29) is 24.2 Å². The Bertz CT molecular complexity index is 311. The molecular weight excluding hydrogens is 242 g/mol. The number of nitrogens with zero attached hydrogens (tertiary/aromatic N) is 2. The highest BCUT2D eigenvalue weighted by Crippen LogP contribution is 2.17. The van der Waals surface area contributed by atoms with Crippen molar-refractivity contribution in [2.24, 2.45) is 0 Å². The average molecular weight is 269 g/mol. The summed E-state index contributed by atoms with van der Waals surface area (Å²) in [5.41, 5.74) is 0. The van der Waals surface area contributed by atoms with E-state index in [4.69, 9.17) is 4.74 Å². The molecule has 2 saturated heterocycles. The van der Waals surface area contributed by atoms with Crippen LogP contribution in [0.2, 0.25) is 0 Å². The maximum Gasteiger partial charge on any atom is 0.241 e. The molecule has 3 atom stereocenters. The van der Waals surface area contributed by atoms with Crippen molar-refractivity contribution in [2.75, 3.05) is 33.3 Å². The van der Waals surface area contributed by atoms with Crippen molar-refractivity contribution >= 4 is 5.91 Å². The molecule has 1 amide bonds. The molecule has 0 aromatic carbocycles. The van der Waals surface area contributed by atoms with Crippen LogP contribution in [0.25, 0.3) is 0 Å². The van der Waals surface area contributed by atoms with Crippen LogP contribution in [0.1, 0.15) is 33.1 Å². The maximum absolute atomic E-state index is 12.4. The largest absolute Gasteiger partial charge is 0.374 e. The average Bonchev–Trinajstić information content (AvgIpc) is 2.64. The van der Waals surface area contributed by atoms with Crippen LogP contribution in [-0.4, -0.2) is 67.3 Å². The van der Waals surface area contributed by atoms with Gasteiger partial charge in [0.05, 0.1) is 24.9 Å². The molecule has 1 N–H and O–H groups in total. The summed E-state index contributed by atoms with van der Waals surface area (Å²) in [6.45, 7) is 7.60. The highest BCUT2D eigenvalue weighted by molar-refractivity contribution is 5.84. The first-order valence-corrected chi connectivity index (χ1v) is 7.48. The zero-order chi connectivity index (χ0) is 13.8. The quantitative estimate of drug-likeness (QED) is 0.796. The molecule has 110 valence electrons. The Morgan fingerprint density at radius 2 is 2.26 bits per heavy atom. The second-order valence-electron chi connectivity index (χ2n) is 5.78. The van der Waals surface area contributed by atoms with Gasteiger partial charge >= 0.3 is 0 Å². The van der Waals surface area contributed by atoms with E-state index in [2.05, 4.69) is 31.1 Å². The third kappa shape index (κ3) is 3.68. The number of carbonyl (C=O) groups excluding carboxylic acids is 1. The van der Waals surface area contributed by atoms with Crippen molar-refractivity contribution in [3.8, 4) is 0 Å². The van der Waals surface area contributed by atoms with Gasteiger partial charge in [-0.15, -0.1) is 0 Å². The van der Waals surface area contributed by atoms with Gasteiger partial charge in [0.25, 0.3) is 0 Å². The first kappa shape index (κ1) is 14.8. The van der Waals surface area contributed by atoms with Crippen molar-refractivity contribution in [2.45, 2.75) is 51.4 Å². The minimum absolute atomic E-state index is 0.0104. The van der Waals surface area contributed by atoms with E-state index in [0.29, 0.717) is 6.54 Å². The molecule has 0 aromatic rings. The zero-order valence-electron chi connectivity index (χ0n) is 12.4. The lowest BCUT2D eigenvalue weighted by Gasteiger charge is -2.33. The molecule has 3 unspecified atom stereocenters. The Hall–Kier alpha value is -0.650. The van der Waals surface area contributed by atoms with Gasteiger partial charge in [-0.05, 0) is 20.4 Å². The highest BCUT2D eigenvalue weighted by Gasteiger charge is 2.37. The molecule has 5 nitrogen and oxygen atoms in total. The summed E-state index contributed by atoms with van der Waals surface area (Å²) in [7, 11) is 2.10. The van der Waals surface area contributed by atoms with Gasteiger partial charge in [0.15, 0.2) is 0 Å². The predicted molar refractivity (Wildman–Crippen MR) is 74.9 cm³/mol. The molecule has 2 rings (SSSR count). The van der Waals surface area contributed by atoms with E-state index in [1.165, 1.54) is 0 Å². The van der Waals surface area contributed by atoms with E-state index in [1.807, 2.05) is 4.90 Å². The van der Waals surface area contributed by atoms with Crippen molar-refractivity contribution in [3.63, 3.8) is 0 Å². The standard InChI is InChI=1S/C14H27N3O2/c1-4-5-6-13-14(18)17(11(2)15-13)10-12-9-16(3)7-8-19-12/h11-13,15H,4-10H2,1-3H3. The summed E-state index contributed by atoms with van der Waals surface area (Å²) in [6, 6.07) is 0.0104. The van der Waals surface area contributed by atoms with Crippen LogP contribution in [0.5, 0.6) is 0 Å². The summed E-state index contributed by atoms with van der Waals surface area (Å²) in [4.78, 5) is 16.6. The van der Waals surface area contributed by atoms with Gasteiger partial charge in [0.2, 0.25) is 5.91 Å².